The van der Waals surface area contributed by atoms with Crippen LogP contribution in [-0.2, 0) is 9.59 Å². The Morgan fingerprint density at radius 1 is 1.40 bits per heavy atom. The first kappa shape index (κ1) is 15.6. The van der Waals surface area contributed by atoms with E-state index in [1.165, 1.54) is 11.8 Å². The average Bonchev–Trinajstić information content (AvgIpc) is 2.42. The summed E-state index contributed by atoms with van der Waals surface area (Å²) >= 11 is 1.53. The van der Waals surface area contributed by atoms with Crippen molar-refractivity contribution in [3.05, 3.63) is 0 Å². The Hall–Kier alpha value is -0.750. The van der Waals surface area contributed by atoms with Crippen LogP contribution < -0.4 is 5.32 Å². The molecule has 0 saturated carbocycles. The largest absolute Gasteiger partial charge is 0.396 e. The minimum atomic E-state index is -0.450. The molecular weight excluding hydrogens is 276 g/mol. The first-order chi connectivity index (χ1) is 9.27. The Bertz CT molecular complexity index is 403. The summed E-state index contributed by atoms with van der Waals surface area (Å²) in [4.78, 5) is 26.2. The van der Waals surface area contributed by atoms with E-state index in [-0.39, 0.29) is 23.8 Å². The Kier molecular flexibility index (Phi) is 4.35. The molecule has 0 radical (unpaired) electrons. The topological polar surface area (TPSA) is 69.6 Å². The van der Waals surface area contributed by atoms with Crippen LogP contribution in [0.4, 0.5) is 0 Å². The summed E-state index contributed by atoms with van der Waals surface area (Å²) in [6.07, 6.45) is 1.63. The number of nitrogens with zero attached hydrogens (tertiary/aromatic N) is 1. The minimum absolute atomic E-state index is 0.0151. The Balaban J connectivity index is 1.92. The Labute approximate surface area is 124 Å². The molecule has 2 N–H and O–H groups in total. The number of hydrogen-bond donors (Lipinski definition) is 2. The fraction of sp³-hybridized carbons (Fsp3) is 0.857. The lowest BCUT2D eigenvalue weighted by Crippen LogP contribution is -2.59. The normalized spacial score (nSPS) is 28.9. The maximum atomic E-state index is 12.4. The number of carbonyl (C=O) groups is 2. The van der Waals surface area contributed by atoms with E-state index in [1.807, 2.05) is 18.7 Å². The van der Waals surface area contributed by atoms with Gasteiger partial charge in [0.15, 0.2) is 0 Å². The van der Waals surface area contributed by atoms with Crippen molar-refractivity contribution in [1.82, 2.24) is 10.2 Å². The van der Waals surface area contributed by atoms with E-state index in [9.17, 15) is 14.7 Å². The summed E-state index contributed by atoms with van der Waals surface area (Å²) in [5.41, 5.74) is -0.0661. The number of carbonyl (C=O) groups excluding carboxylic acids is 2. The molecule has 2 aliphatic heterocycles. The van der Waals surface area contributed by atoms with Gasteiger partial charge in [-0.25, -0.2) is 0 Å². The second-order valence-electron chi connectivity index (χ2n) is 6.64. The maximum absolute atomic E-state index is 12.4. The van der Waals surface area contributed by atoms with E-state index in [4.69, 9.17) is 0 Å². The molecule has 1 atom stereocenters. The van der Waals surface area contributed by atoms with Gasteiger partial charge < -0.3 is 15.3 Å². The van der Waals surface area contributed by atoms with Crippen LogP contribution in [0.3, 0.4) is 0 Å². The lowest BCUT2D eigenvalue weighted by atomic mass is 9.81. The van der Waals surface area contributed by atoms with Crippen molar-refractivity contribution in [2.75, 3.05) is 25.4 Å². The zero-order chi connectivity index (χ0) is 15.0. The molecule has 2 amide bonds. The number of piperidine rings is 1. The number of nitrogens with one attached hydrogen (secondary N) is 1. The molecule has 114 valence electrons. The molecule has 0 aromatic rings. The minimum Gasteiger partial charge on any atom is -0.396 e. The number of aliphatic hydroxyl groups is 1. The molecule has 20 heavy (non-hydrogen) atoms. The van der Waals surface area contributed by atoms with Crippen LogP contribution in [0.2, 0.25) is 0 Å². The average molecular weight is 300 g/mol. The quantitative estimate of drug-likeness (QED) is 0.784. The second-order valence-corrected chi connectivity index (χ2v) is 8.28. The highest BCUT2D eigenvalue weighted by molar-refractivity contribution is 8.01. The predicted octanol–water partition coefficient (Wildman–Crippen LogP) is 0.618. The lowest BCUT2D eigenvalue weighted by Gasteiger charge is -2.41. The van der Waals surface area contributed by atoms with Gasteiger partial charge in [-0.3, -0.25) is 9.59 Å². The Morgan fingerprint density at radius 3 is 2.50 bits per heavy atom. The first-order valence-corrected chi connectivity index (χ1v) is 8.11. The number of likely N-dealkylation sites (tertiary alicyclic amines) is 1. The van der Waals surface area contributed by atoms with Crippen LogP contribution in [0.5, 0.6) is 0 Å². The zero-order valence-electron chi connectivity index (χ0n) is 12.4. The van der Waals surface area contributed by atoms with Crippen molar-refractivity contribution in [3.63, 3.8) is 0 Å². The van der Waals surface area contributed by atoms with Crippen molar-refractivity contribution < 1.29 is 14.7 Å². The van der Waals surface area contributed by atoms with Gasteiger partial charge in [-0.15, -0.1) is 11.8 Å². The fourth-order valence-electron chi connectivity index (χ4n) is 2.51. The van der Waals surface area contributed by atoms with Gasteiger partial charge in [0.25, 0.3) is 0 Å². The summed E-state index contributed by atoms with van der Waals surface area (Å²) in [6, 6.07) is -0.404. The van der Waals surface area contributed by atoms with Crippen LogP contribution in [0.1, 0.15) is 33.6 Å². The van der Waals surface area contributed by atoms with E-state index < -0.39 is 10.8 Å². The standard InChI is InChI=1S/C14H24N2O3S/c1-13(2)12(19)15-10(8-20-13)11(18)16-6-4-14(3,9-17)5-7-16/h10,17H,4-9H2,1-3H3,(H,15,19)/t10-/m0/s1. The third kappa shape index (κ3) is 3.11. The third-order valence-corrected chi connectivity index (χ3v) is 5.83. The highest BCUT2D eigenvalue weighted by atomic mass is 32.2. The van der Waals surface area contributed by atoms with Crippen LogP contribution >= 0.6 is 11.8 Å². The molecule has 6 heteroatoms. The molecule has 2 fully saturated rings. The van der Waals surface area contributed by atoms with E-state index >= 15 is 0 Å². The summed E-state index contributed by atoms with van der Waals surface area (Å²) in [6.45, 7) is 7.30. The van der Waals surface area contributed by atoms with Gasteiger partial charge in [0.2, 0.25) is 11.8 Å². The van der Waals surface area contributed by atoms with Gasteiger partial charge in [0, 0.05) is 25.4 Å². The SMILES string of the molecule is CC1(CO)CCN(C(=O)[C@@H]2CSC(C)(C)C(=O)N2)CC1. The molecule has 2 saturated heterocycles. The Morgan fingerprint density at radius 2 is 2.00 bits per heavy atom. The van der Waals surface area contributed by atoms with E-state index in [0.29, 0.717) is 18.8 Å². The zero-order valence-corrected chi connectivity index (χ0v) is 13.3. The highest BCUT2D eigenvalue weighted by Crippen LogP contribution is 2.32. The number of thioether (sulfide) groups is 1. The molecule has 0 bridgehead atoms. The van der Waals surface area contributed by atoms with Gasteiger partial charge in [-0.2, -0.15) is 0 Å². The van der Waals surface area contributed by atoms with Gasteiger partial charge in [0.1, 0.15) is 6.04 Å². The van der Waals surface area contributed by atoms with Crippen LogP contribution in [-0.4, -0.2) is 58.1 Å². The van der Waals surface area contributed by atoms with E-state index in [1.54, 1.807) is 0 Å². The molecule has 2 heterocycles. The van der Waals surface area contributed by atoms with Crippen molar-refractivity contribution >= 4 is 23.6 Å². The monoisotopic (exact) mass is 300 g/mol. The summed E-state index contributed by atoms with van der Waals surface area (Å²) in [5.74, 6) is 0.580. The first-order valence-electron chi connectivity index (χ1n) is 7.12. The molecule has 0 spiro atoms. The van der Waals surface area contributed by atoms with Gasteiger partial charge in [0.05, 0.1) is 4.75 Å². The molecule has 0 unspecified atom stereocenters. The number of rotatable bonds is 2. The number of hydrogen-bond acceptors (Lipinski definition) is 4. The van der Waals surface area contributed by atoms with Crippen LogP contribution in [0.25, 0.3) is 0 Å². The van der Waals surface area contributed by atoms with Gasteiger partial charge in [-0.05, 0) is 32.1 Å². The third-order valence-electron chi connectivity index (χ3n) is 4.43. The van der Waals surface area contributed by atoms with Crippen molar-refractivity contribution in [1.29, 1.82) is 0 Å². The van der Waals surface area contributed by atoms with Crippen molar-refractivity contribution in [2.24, 2.45) is 5.41 Å². The number of amides is 2. The van der Waals surface area contributed by atoms with Crippen molar-refractivity contribution in [2.45, 2.75) is 44.4 Å². The highest BCUT2D eigenvalue weighted by Gasteiger charge is 2.40. The van der Waals surface area contributed by atoms with Gasteiger partial charge in [-0.1, -0.05) is 6.92 Å². The molecule has 5 nitrogen and oxygen atoms in total. The van der Waals surface area contributed by atoms with Crippen LogP contribution in [0.15, 0.2) is 0 Å². The van der Waals surface area contributed by atoms with E-state index in [2.05, 4.69) is 12.2 Å². The predicted molar refractivity (Wildman–Crippen MR) is 79.5 cm³/mol. The molecule has 2 aliphatic rings. The van der Waals surface area contributed by atoms with E-state index in [0.717, 1.165) is 12.8 Å². The summed E-state index contributed by atoms with van der Waals surface area (Å²) < 4.78 is -0.450. The van der Waals surface area contributed by atoms with Gasteiger partial charge >= 0.3 is 0 Å². The molecule has 2 rings (SSSR count). The molecular formula is C14H24N2O3S. The molecule has 0 aliphatic carbocycles. The molecule has 0 aromatic carbocycles. The summed E-state index contributed by atoms with van der Waals surface area (Å²) in [5, 5.41) is 12.2. The summed E-state index contributed by atoms with van der Waals surface area (Å²) in [7, 11) is 0. The maximum Gasteiger partial charge on any atom is 0.246 e. The number of aliphatic hydroxyl groups excluding tert-OH is 1. The lowest BCUT2D eigenvalue weighted by molar-refractivity contribution is -0.138. The van der Waals surface area contributed by atoms with Crippen LogP contribution in [0, 0.1) is 5.41 Å². The molecule has 0 aromatic heterocycles. The fourth-order valence-corrected chi connectivity index (χ4v) is 3.51. The van der Waals surface area contributed by atoms with Crippen molar-refractivity contribution in [3.8, 4) is 0 Å². The smallest absolute Gasteiger partial charge is 0.246 e. The second kappa shape index (κ2) is 5.56.